The van der Waals surface area contributed by atoms with E-state index in [1.807, 2.05) is 11.3 Å². The number of hydrogen-bond donors (Lipinski definition) is 1. The van der Waals surface area contributed by atoms with Crippen molar-refractivity contribution in [1.82, 2.24) is 15.2 Å². The van der Waals surface area contributed by atoms with Crippen LogP contribution in [0.25, 0.3) is 0 Å². The van der Waals surface area contributed by atoms with Crippen molar-refractivity contribution >= 4 is 11.3 Å². The molecule has 0 radical (unpaired) electrons. The lowest BCUT2D eigenvalue weighted by Crippen LogP contribution is -2.59. The fourth-order valence-corrected chi connectivity index (χ4v) is 4.29. The molecule has 1 atom stereocenters. The van der Waals surface area contributed by atoms with E-state index in [0.29, 0.717) is 6.04 Å². The molecule has 1 aromatic rings. The zero-order chi connectivity index (χ0) is 15.5. The first-order valence-corrected chi connectivity index (χ1v) is 9.18. The number of aryl methyl sites for hydroxylation is 2. The summed E-state index contributed by atoms with van der Waals surface area (Å²) < 4.78 is 0. The maximum absolute atomic E-state index is 4.75. The molecule has 4 heteroatoms. The highest BCUT2D eigenvalue weighted by Crippen LogP contribution is 2.27. The Kier molecular flexibility index (Phi) is 5.81. The molecule has 120 valence electrons. The zero-order valence-electron chi connectivity index (χ0n) is 14.3. The first-order valence-electron chi connectivity index (χ1n) is 8.36. The van der Waals surface area contributed by atoms with Gasteiger partial charge < -0.3 is 5.32 Å². The minimum atomic E-state index is 0.184. The van der Waals surface area contributed by atoms with Crippen molar-refractivity contribution in [2.45, 2.75) is 71.9 Å². The SMILES string of the molecule is CCNC(Cc1nc(C)c(C)s1)C(C)(C)N1CCCCC1. The van der Waals surface area contributed by atoms with E-state index in [1.165, 1.54) is 47.9 Å². The number of nitrogens with zero attached hydrogens (tertiary/aromatic N) is 2. The second-order valence-corrected chi connectivity index (χ2v) is 8.05. The van der Waals surface area contributed by atoms with Gasteiger partial charge in [0, 0.05) is 22.9 Å². The Morgan fingerprint density at radius 3 is 2.43 bits per heavy atom. The van der Waals surface area contributed by atoms with Crippen LogP contribution in [0.4, 0.5) is 0 Å². The second kappa shape index (κ2) is 7.21. The molecule has 0 spiro atoms. The van der Waals surface area contributed by atoms with Crippen molar-refractivity contribution in [3.05, 3.63) is 15.6 Å². The number of rotatable bonds is 6. The lowest BCUT2D eigenvalue weighted by atomic mass is 9.88. The molecule has 1 unspecified atom stereocenters. The minimum Gasteiger partial charge on any atom is -0.312 e. The maximum Gasteiger partial charge on any atom is 0.0947 e. The minimum absolute atomic E-state index is 0.184. The molecular formula is C17H31N3S. The van der Waals surface area contributed by atoms with E-state index >= 15 is 0 Å². The highest BCUT2D eigenvalue weighted by Gasteiger charge is 2.36. The number of likely N-dealkylation sites (N-methyl/N-ethyl adjacent to an activating group) is 1. The fraction of sp³-hybridized carbons (Fsp3) is 0.824. The van der Waals surface area contributed by atoms with Gasteiger partial charge in [0.15, 0.2) is 0 Å². The molecule has 1 aliphatic rings. The van der Waals surface area contributed by atoms with Crippen LogP contribution in [0.1, 0.15) is 55.6 Å². The van der Waals surface area contributed by atoms with E-state index in [4.69, 9.17) is 4.98 Å². The number of thiazole rings is 1. The summed E-state index contributed by atoms with van der Waals surface area (Å²) in [5.41, 5.74) is 1.38. The molecule has 2 heterocycles. The largest absolute Gasteiger partial charge is 0.312 e. The van der Waals surface area contributed by atoms with E-state index in [9.17, 15) is 0 Å². The van der Waals surface area contributed by atoms with Crippen molar-refractivity contribution in [2.24, 2.45) is 0 Å². The number of nitrogens with one attached hydrogen (secondary N) is 1. The Hall–Kier alpha value is -0.450. The van der Waals surface area contributed by atoms with Crippen molar-refractivity contribution < 1.29 is 0 Å². The third kappa shape index (κ3) is 4.05. The van der Waals surface area contributed by atoms with Gasteiger partial charge in [0.2, 0.25) is 0 Å². The number of aromatic nitrogens is 1. The first-order chi connectivity index (χ1) is 9.95. The summed E-state index contributed by atoms with van der Waals surface area (Å²) in [5.74, 6) is 0. The molecule has 1 saturated heterocycles. The van der Waals surface area contributed by atoms with Crippen LogP contribution in [0.5, 0.6) is 0 Å². The van der Waals surface area contributed by atoms with E-state index < -0.39 is 0 Å². The molecular weight excluding hydrogens is 278 g/mol. The molecule has 1 fully saturated rings. The lowest BCUT2D eigenvalue weighted by molar-refractivity contribution is 0.0616. The van der Waals surface area contributed by atoms with Crippen LogP contribution in [0.3, 0.4) is 0 Å². The van der Waals surface area contributed by atoms with E-state index in [2.05, 4.69) is 44.8 Å². The summed E-state index contributed by atoms with van der Waals surface area (Å²) in [4.78, 5) is 8.79. The highest BCUT2D eigenvalue weighted by atomic mass is 32.1. The third-order valence-corrected chi connectivity index (χ3v) is 6.02. The van der Waals surface area contributed by atoms with Crippen LogP contribution >= 0.6 is 11.3 Å². The van der Waals surface area contributed by atoms with Crippen molar-refractivity contribution in [1.29, 1.82) is 0 Å². The van der Waals surface area contributed by atoms with Crippen LogP contribution < -0.4 is 5.32 Å². The average Bonchev–Trinajstić information content (AvgIpc) is 2.78. The van der Waals surface area contributed by atoms with Crippen molar-refractivity contribution in [2.75, 3.05) is 19.6 Å². The molecule has 1 N–H and O–H groups in total. The summed E-state index contributed by atoms with van der Waals surface area (Å²) >= 11 is 1.86. The van der Waals surface area contributed by atoms with Gasteiger partial charge in [-0.3, -0.25) is 4.90 Å². The Labute approximate surface area is 134 Å². The normalized spacial score (nSPS) is 18.9. The van der Waals surface area contributed by atoms with Gasteiger partial charge in [0.25, 0.3) is 0 Å². The topological polar surface area (TPSA) is 28.2 Å². The molecule has 3 nitrogen and oxygen atoms in total. The number of piperidine rings is 1. The summed E-state index contributed by atoms with van der Waals surface area (Å²) in [6, 6.07) is 0.463. The Bertz CT molecular complexity index is 427. The van der Waals surface area contributed by atoms with E-state index in [-0.39, 0.29) is 5.54 Å². The zero-order valence-corrected chi connectivity index (χ0v) is 15.1. The standard InChI is InChI=1S/C17H31N3S/c1-6-18-15(12-16-19-13(2)14(3)21-16)17(4,5)20-10-8-7-9-11-20/h15,18H,6-12H2,1-5H3. The summed E-state index contributed by atoms with van der Waals surface area (Å²) in [6.45, 7) is 14.8. The Balaban J connectivity index is 2.12. The van der Waals surface area contributed by atoms with Crippen LogP contribution in [-0.4, -0.2) is 41.1 Å². The van der Waals surface area contributed by atoms with Crippen molar-refractivity contribution in [3.8, 4) is 0 Å². The van der Waals surface area contributed by atoms with Gasteiger partial charge in [-0.05, 0) is 60.2 Å². The summed E-state index contributed by atoms with van der Waals surface area (Å²) in [6.07, 6.45) is 5.12. The number of hydrogen-bond acceptors (Lipinski definition) is 4. The van der Waals surface area contributed by atoms with Crippen LogP contribution in [0, 0.1) is 13.8 Å². The van der Waals surface area contributed by atoms with Crippen molar-refractivity contribution in [3.63, 3.8) is 0 Å². The fourth-order valence-electron chi connectivity index (χ4n) is 3.31. The van der Waals surface area contributed by atoms with Gasteiger partial charge in [-0.15, -0.1) is 11.3 Å². The molecule has 0 bridgehead atoms. The summed E-state index contributed by atoms with van der Waals surface area (Å²) in [5, 5.41) is 5.00. The lowest BCUT2D eigenvalue weighted by Gasteiger charge is -2.46. The molecule has 0 aromatic carbocycles. The second-order valence-electron chi connectivity index (χ2n) is 6.76. The van der Waals surface area contributed by atoms with Crippen LogP contribution in [0.2, 0.25) is 0 Å². The molecule has 2 rings (SSSR count). The van der Waals surface area contributed by atoms with Gasteiger partial charge in [-0.1, -0.05) is 13.3 Å². The molecule has 1 aliphatic heterocycles. The molecule has 21 heavy (non-hydrogen) atoms. The third-order valence-electron chi connectivity index (χ3n) is 4.93. The first kappa shape index (κ1) is 16.9. The Morgan fingerprint density at radius 2 is 1.90 bits per heavy atom. The number of likely N-dealkylation sites (tertiary alicyclic amines) is 1. The van der Waals surface area contributed by atoms with Gasteiger partial charge in [-0.25, -0.2) is 4.98 Å². The molecule has 0 amide bonds. The molecule has 0 aliphatic carbocycles. The maximum atomic E-state index is 4.75. The van der Waals surface area contributed by atoms with E-state index in [0.717, 1.165) is 13.0 Å². The predicted molar refractivity (Wildman–Crippen MR) is 92.3 cm³/mol. The average molecular weight is 310 g/mol. The van der Waals surface area contributed by atoms with Gasteiger partial charge in [-0.2, -0.15) is 0 Å². The Morgan fingerprint density at radius 1 is 1.24 bits per heavy atom. The van der Waals surface area contributed by atoms with Crippen LogP contribution in [-0.2, 0) is 6.42 Å². The quantitative estimate of drug-likeness (QED) is 0.871. The molecule has 0 saturated carbocycles. The summed E-state index contributed by atoms with van der Waals surface area (Å²) in [7, 11) is 0. The van der Waals surface area contributed by atoms with Crippen LogP contribution in [0.15, 0.2) is 0 Å². The highest BCUT2D eigenvalue weighted by molar-refractivity contribution is 7.11. The smallest absolute Gasteiger partial charge is 0.0947 e. The van der Waals surface area contributed by atoms with Gasteiger partial charge in [0.1, 0.15) is 0 Å². The molecule has 1 aromatic heterocycles. The monoisotopic (exact) mass is 309 g/mol. The van der Waals surface area contributed by atoms with Gasteiger partial charge >= 0.3 is 0 Å². The van der Waals surface area contributed by atoms with E-state index in [1.54, 1.807) is 0 Å². The predicted octanol–water partition coefficient (Wildman–Crippen LogP) is 3.55. The van der Waals surface area contributed by atoms with Gasteiger partial charge in [0.05, 0.1) is 10.7 Å².